The van der Waals surface area contributed by atoms with E-state index in [9.17, 15) is 0 Å². The van der Waals surface area contributed by atoms with Gasteiger partial charge in [0.1, 0.15) is 0 Å². The Balaban J connectivity index is 3.16. The Morgan fingerprint density at radius 1 is 0.923 bits per heavy atom. The minimum absolute atomic E-state index is 0.270. The number of unbranched alkanes of at least 4 members (excludes halogenated alkanes) is 5. The molecular formula is C12H26Te. The van der Waals surface area contributed by atoms with Gasteiger partial charge in [-0.1, -0.05) is 0 Å². The quantitative estimate of drug-likeness (QED) is 0.450. The molecule has 0 fully saturated rings. The third kappa shape index (κ3) is 9.10. The van der Waals surface area contributed by atoms with E-state index in [4.69, 9.17) is 0 Å². The molecule has 0 aliphatic carbocycles. The van der Waals surface area contributed by atoms with Crippen molar-refractivity contribution in [1.29, 1.82) is 0 Å². The fraction of sp³-hybridized carbons (Fsp3) is 1.00. The van der Waals surface area contributed by atoms with E-state index in [-0.39, 0.29) is 20.9 Å². The standard InChI is InChI=1S/C12H26Te/c1-5-6-7-8-9-10-11-12(2,3)13-4/h5-11H2,1-4H3. The third-order valence-electron chi connectivity index (χ3n) is 2.68. The van der Waals surface area contributed by atoms with Gasteiger partial charge >= 0.3 is 95.1 Å². The summed E-state index contributed by atoms with van der Waals surface area (Å²) in [5.41, 5.74) is 0. The van der Waals surface area contributed by atoms with Crippen molar-refractivity contribution in [2.45, 2.75) is 74.2 Å². The van der Waals surface area contributed by atoms with Crippen LogP contribution in [0.1, 0.15) is 65.7 Å². The van der Waals surface area contributed by atoms with Crippen LogP contribution in [0.3, 0.4) is 0 Å². The molecule has 0 aromatic heterocycles. The van der Waals surface area contributed by atoms with Crippen molar-refractivity contribution in [3.8, 4) is 0 Å². The molecule has 0 aliphatic heterocycles. The molecule has 0 bridgehead atoms. The molecule has 0 aromatic carbocycles. The van der Waals surface area contributed by atoms with Gasteiger partial charge in [0.15, 0.2) is 0 Å². The monoisotopic (exact) mass is 300 g/mol. The first-order valence-electron chi connectivity index (χ1n) is 5.67. The predicted molar refractivity (Wildman–Crippen MR) is 63.7 cm³/mol. The van der Waals surface area contributed by atoms with Crippen molar-refractivity contribution >= 4 is 20.9 Å². The second kappa shape index (κ2) is 8.13. The van der Waals surface area contributed by atoms with Crippen molar-refractivity contribution in [1.82, 2.24) is 0 Å². The van der Waals surface area contributed by atoms with Crippen LogP contribution in [-0.4, -0.2) is 20.9 Å². The van der Waals surface area contributed by atoms with Crippen LogP contribution in [0.25, 0.3) is 0 Å². The average molecular weight is 298 g/mol. The summed E-state index contributed by atoms with van der Waals surface area (Å²) in [5.74, 6) is 0. The van der Waals surface area contributed by atoms with E-state index in [1.807, 2.05) is 0 Å². The molecule has 0 aliphatic rings. The van der Waals surface area contributed by atoms with Crippen molar-refractivity contribution in [3.05, 3.63) is 0 Å². The summed E-state index contributed by atoms with van der Waals surface area (Å²) in [6.07, 6.45) is 10.1. The van der Waals surface area contributed by atoms with Crippen LogP contribution in [0, 0.1) is 0 Å². The first-order chi connectivity index (χ1) is 6.12. The second-order valence-electron chi connectivity index (χ2n) is 4.48. The normalized spacial score (nSPS) is 12.0. The van der Waals surface area contributed by atoms with Gasteiger partial charge in [0.2, 0.25) is 0 Å². The van der Waals surface area contributed by atoms with Gasteiger partial charge < -0.3 is 0 Å². The fourth-order valence-electron chi connectivity index (χ4n) is 1.43. The van der Waals surface area contributed by atoms with Crippen molar-refractivity contribution < 1.29 is 0 Å². The van der Waals surface area contributed by atoms with Crippen molar-refractivity contribution in [2.75, 3.05) is 0 Å². The van der Waals surface area contributed by atoms with Crippen LogP contribution in [0.2, 0.25) is 8.43 Å². The molecule has 0 heterocycles. The summed E-state index contributed by atoms with van der Waals surface area (Å²) in [4.78, 5) is 2.43. The van der Waals surface area contributed by atoms with E-state index in [1.54, 1.807) is 0 Å². The summed E-state index contributed by atoms with van der Waals surface area (Å²) >= 11 is 0.270. The molecule has 0 spiro atoms. The minimum atomic E-state index is 0.270. The molecule has 0 saturated carbocycles. The van der Waals surface area contributed by atoms with E-state index in [0.717, 1.165) is 3.46 Å². The Hall–Kier alpha value is 0.790. The number of rotatable bonds is 8. The zero-order chi connectivity index (χ0) is 10.2. The van der Waals surface area contributed by atoms with E-state index in [2.05, 4.69) is 25.7 Å². The molecule has 1 heteroatoms. The average Bonchev–Trinajstić information content (AvgIpc) is 2.11. The van der Waals surface area contributed by atoms with Crippen LogP contribution in [0.5, 0.6) is 0 Å². The number of hydrogen-bond donors (Lipinski definition) is 0. The Bertz CT molecular complexity index is 108. The second-order valence-corrected chi connectivity index (χ2v) is 8.80. The summed E-state index contributed by atoms with van der Waals surface area (Å²) in [6.45, 7) is 7.17. The van der Waals surface area contributed by atoms with Gasteiger partial charge in [-0.3, -0.25) is 0 Å². The molecule has 0 saturated heterocycles. The summed E-state index contributed by atoms with van der Waals surface area (Å²) in [5, 5.41) is 0. The van der Waals surface area contributed by atoms with Crippen LogP contribution in [-0.2, 0) is 0 Å². The summed E-state index contributed by atoms with van der Waals surface area (Å²) < 4.78 is 0.718. The third-order valence-corrected chi connectivity index (χ3v) is 6.42. The molecule has 0 rings (SSSR count). The first-order valence-corrected chi connectivity index (χ1v) is 9.17. The molecule has 0 atom stereocenters. The molecular weight excluding hydrogens is 272 g/mol. The van der Waals surface area contributed by atoms with Gasteiger partial charge in [0.05, 0.1) is 0 Å². The molecule has 0 N–H and O–H groups in total. The fourth-order valence-corrected chi connectivity index (χ4v) is 2.43. The van der Waals surface area contributed by atoms with Crippen LogP contribution in [0.4, 0.5) is 0 Å². The van der Waals surface area contributed by atoms with Crippen LogP contribution < -0.4 is 0 Å². The Kier molecular flexibility index (Phi) is 8.62. The van der Waals surface area contributed by atoms with Crippen LogP contribution in [0.15, 0.2) is 0 Å². The molecule has 0 aromatic rings. The zero-order valence-corrected chi connectivity index (χ0v) is 12.2. The maximum atomic E-state index is 2.45. The first kappa shape index (κ1) is 13.8. The van der Waals surface area contributed by atoms with Gasteiger partial charge in [0.25, 0.3) is 0 Å². The molecule has 0 amide bonds. The topological polar surface area (TPSA) is 0 Å². The van der Waals surface area contributed by atoms with E-state index in [0.29, 0.717) is 0 Å². The molecule has 0 nitrogen and oxygen atoms in total. The van der Waals surface area contributed by atoms with Crippen molar-refractivity contribution in [2.24, 2.45) is 0 Å². The van der Waals surface area contributed by atoms with Gasteiger partial charge in [0, 0.05) is 0 Å². The van der Waals surface area contributed by atoms with Gasteiger partial charge in [-0.25, -0.2) is 0 Å². The van der Waals surface area contributed by atoms with Crippen molar-refractivity contribution in [3.63, 3.8) is 0 Å². The zero-order valence-electron chi connectivity index (χ0n) is 9.86. The maximum absolute atomic E-state index is 2.45. The van der Waals surface area contributed by atoms with E-state index in [1.165, 1.54) is 44.9 Å². The summed E-state index contributed by atoms with van der Waals surface area (Å²) in [7, 11) is 0. The van der Waals surface area contributed by atoms with Gasteiger partial charge in [-0.15, -0.1) is 0 Å². The van der Waals surface area contributed by atoms with E-state index >= 15 is 0 Å². The molecule has 13 heavy (non-hydrogen) atoms. The number of hydrogen-bond acceptors (Lipinski definition) is 0. The molecule has 0 radical (unpaired) electrons. The predicted octanol–water partition coefficient (Wildman–Crippen LogP) is 4.69. The van der Waals surface area contributed by atoms with Gasteiger partial charge in [-0.05, 0) is 0 Å². The molecule has 80 valence electrons. The SMILES string of the molecule is CCCCCCCCC(C)(C)[Te]C. The summed E-state index contributed by atoms with van der Waals surface area (Å²) in [6, 6.07) is 0. The Morgan fingerprint density at radius 3 is 2.00 bits per heavy atom. The Morgan fingerprint density at radius 2 is 1.46 bits per heavy atom. The van der Waals surface area contributed by atoms with Gasteiger partial charge in [-0.2, -0.15) is 0 Å². The Labute approximate surface area is 95.0 Å². The van der Waals surface area contributed by atoms with E-state index < -0.39 is 0 Å². The molecule has 0 unspecified atom stereocenters. The van der Waals surface area contributed by atoms with Crippen LogP contribution >= 0.6 is 0 Å².